The minimum absolute atomic E-state index is 0.0201. The summed E-state index contributed by atoms with van der Waals surface area (Å²) in [6, 6.07) is 10.6. The lowest BCUT2D eigenvalue weighted by atomic mass is 9.98. The van der Waals surface area contributed by atoms with Crippen molar-refractivity contribution in [2.24, 2.45) is 5.92 Å². The fourth-order valence-electron chi connectivity index (χ4n) is 2.68. The average molecular weight is 361 g/mol. The summed E-state index contributed by atoms with van der Waals surface area (Å²) in [6.07, 6.45) is 0.304. The maximum atomic E-state index is 13.5. The first-order valence-electron chi connectivity index (χ1n) is 8.34. The van der Waals surface area contributed by atoms with Gasteiger partial charge in [0.25, 0.3) is 0 Å². The highest BCUT2D eigenvalue weighted by molar-refractivity contribution is 5.77. The van der Waals surface area contributed by atoms with Crippen molar-refractivity contribution >= 4 is 11.9 Å². The number of carboxylic acid groups (broad SMARTS) is 1. The molecule has 2 aromatic rings. The van der Waals surface area contributed by atoms with Gasteiger partial charge in [0.1, 0.15) is 11.6 Å². The fraction of sp³-hybridized carbons (Fsp3) is 0.300. The summed E-state index contributed by atoms with van der Waals surface area (Å²) in [7, 11) is 0. The second-order valence-electron chi connectivity index (χ2n) is 6.27. The van der Waals surface area contributed by atoms with E-state index in [1.54, 1.807) is 0 Å². The summed E-state index contributed by atoms with van der Waals surface area (Å²) in [5.41, 5.74) is 2.04. The van der Waals surface area contributed by atoms with E-state index in [1.165, 1.54) is 0 Å². The average Bonchev–Trinajstić information content (AvgIpc) is 2.59. The van der Waals surface area contributed by atoms with Gasteiger partial charge in [-0.3, -0.25) is 9.59 Å². The summed E-state index contributed by atoms with van der Waals surface area (Å²) in [5, 5.41) is 11.9. The molecule has 4 nitrogen and oxygen atoms in total. The number of carboxylic acids is 1. The molecule has 6 heteroatoms. The van der Waals surface area contributed by atoms with Crippen molar-refractivity contribution in [1.82, 2.24) is 5.32 Å². The van der Waals surface area contributed by atoms with Crippen molar-refractivity contribution in [2.75, 3.05) is 6.54 Å². The van der Waals surface area contributed by atoms with Gasteiger partial charge in [-0.25, -0.2) is 8.78 Å². The largest absolute Gasteiger partial charge is 0.481 e. The van der Waals surface area contributed by atoms with Gasteiger partial charge < -0.3 is 10.4 Å². The zero-order valence-corrected chi connectivity index (χ0v) is 14.5. The van der Waals surface area contributed by atoms with Gasteiger partial charge in [0.2, 0.25) is 5.91 Å². The van der Waals surface area contributed by atoms with Gasteiger partial charge in [-0.15, -0.1) is 0 Å². The molecule has 0 aromatic heterocycles. The lowest BCUT2D eigenvalue weighted by Crippen LogP contribution is -2.34. The Morgan fingerprint density at radius 1 is 1.15 bits per heavy atom. The molecule has 0 aliphatic rings. The van der Waals surface area contributed by atoms with Crippen LogP contribution in [0.3, 0.4) is 0 Å². The number of aliphatic carboxylic acids is 1. The molecule has 1 unspecified atom stereocenters. The van der Waals surface area contributed by atoms with E-state index in [1.807, 2.05) is 31.2 Å². The van der Waals surface area contributed by atoms with Crippen molar-refractivity contribution in [3.63, 3.8) is 0 Å². The minimum atomic E-state index is -0.997. The molecular weight excluding hydrogens is 340 g/mol. The molecular formula is C20H21F2NO3. The van der Waals surface area contributed by atoms with Gasteiger partial charge in [-0.1, -0.05) is 29.8 Å². The Morgan fingerprint density at radius 3 is 2.62 bits per heavy atom. The summed E-state index contributed by atoms with van der Waals surface area (Å²) < 4.78 is 26.7. The Balaban J connectivity index is 1.87. The number of rotatable bonds is 8. The molecule has 0 saturated heterocycles. The molecule has 0 fully saturated rings. The molecule has 138 valence electrons. The van der Waals surface area contributed by atoms with E-state index in [-0.39, 0.29) is 24.9 Å². The smallest absolute Gasteiger partial charge is 0.308 e. The van der Waals surface area contributed by atoms with E-state index in [4.69, 9.17) is 0 Å². The molecule has 1 atom stereocenters. The molecule has 26 heavy (non-hydrogen) atoms. The molecule has 1 amide bonds. The first kappa shape index (κ1) is 19.6. The zero-order chi connectivity index (χ0) is 19.1. The van der Waals surface area contributed by atoms with Gasteiger partial charge in [0.05, 0.1) is 5.92 Å². The number of aryl methyl sites for hydroxylation is 2. The van der Waals surface area contributed by atoms with Crippen molar-refractivity contribution in [1.29, 1.82) is 0 Å². The maximum Gasteiger partial charge on any atom is 0.308 e. The molecule has 0 aliphatic heterocycles. The monoisotopic (exact) mass is 361 g/mol. The van der Waals surface area contributed by atoms with Crippen LogP contribution >= 0.6 is 0 Å². The number of amides is 1. The maximum absolute atomic E-state index is 13.5. The SMILES string of the molecule is Cc1cccc(CC(CNC(=O)CCc2cc(F)ccc2F)C(=O)O)c1. The summed E-state index contributed by atoms with van der Waals surface area (Å²) in [6.45, 7) is 1.90. The first-order valence-corrected chi connectivity index (χ1v) is 8.34. The van der Waals surface area contributed by atoms with Crippen LogP contribution in [0.5, 0.6) is 0 Å². The van der Waals surface area contributed by atoms with Crippen LogP contribution < -0.4 is 5.32 Å². The van der Waals surface area contributed by atoms with E-state index < -0.39 is 29.4 Å². The number of hydrogen-bond donors (Lipinski definition) is 2. The van der Waals surface area contributed by atoms with Crippen LogP contribution in [0.25, 0.3) is 0 Å². The quantitative estimate of drug-likeness (QED) is 0.758. The Kier molecular flexibility index (Phi) is 6.83. The van der Waals surface area contributed by atoms with Gasteiger partial charge in [0, 0.05) is 13.0 Å². The van der Waals surface area contributed by atoms with E-state index in [2.05, 4.69) is 5.32 Å². The predicted molar refractivity (Wildman–Crippen MR) is 93.7 cm³/mol. The third-order valence-electron chi connectivity index (χ3n) is 4.09. The van der Waals surface area contributed by atoms with Crippen LogP contribution in [-0.2, 0) is 22.4 Å². The predicted octanol–water partition coefficient (Wildman–Crippen LogP) is 3.27. The highest BCUT2D eigenvalue weighted by atomic mass is 19.1. The normalized spacial score (nSPS) is 11.8. The number of hydrogen-bond acceptors (Lipinski definition) is 2. The molecule has 0 saturated carbocycles. The summed E-state index contributed by atoms with van der Waals surface area (Å²) in [4.78, 5) is 23.3. The van der Waals surface area contributed by atoms with E-state index in [0.717, 1.165) is 29.3 Å². The lowest BCUT2D eigenvalue weighted by molar-refractivity contribution is -0.141. The molecule has 2 N–H and O–H groups in total. The minimum Gasteiger partial charge on any atom is -0.481 e. The Bertz CT molecular complexity index is 792. The molecule has 0 radical (unpaired) electrons. The topological polar surface area (TPSA) is 66.4 Å². The van der Waals surface area contributed by atoms with Crippen LogP contribution in [0.2, 0.25) is 0 Å². The standard InChI is InChI=1S/C20H21F2NO3/c1-13-3-2-4-14(9-13)10-16(20(25)26)12-23-19(24)8-5-15-11-17(21)6-7-18(15)22/h2-4,6-7,9,11,16H,5,8,10,12H2,1H3,(H,23,24)(H,25,26). The van der Waals surface area contributed by atoms with Crippen LogP contribution in [0.4, 0.5) is 8.78 Å². The molecule has 2 aromatic carbocycles. The number of nitrogens with one attached hydrogen (secondary N) is 1. The molecule has 0 spiro atoms. The first-order chi connectivity index (χ1) is 12.3. The van der Waals surface area contributed by atoms with E-state index in [9.17, 15) is 23.5 Å². The van der Waals surface area contributed by atoms with Gasteiger partial charge >= 0.3 is 5.97 Å². The van der Waals surface area contributed by atoms with Crippen LogP contribution in [0.1, 0.15) is 23.1 Å². The zero-order valence-electron chi connectivity index (χ0n) is 14.5. The Morgan fingerprint density at radius 2 is 1.92 bits per heavy atom. The third kappa shape index (κ3) is 5.95. The Labute approximate surface area is 150 Å². The molecule has 2 rings (SSSR count). The number of halogens is 2. The summed E-state index contributed by atoms with van der Waals surface area (Å²) in [5.74, 6) is -3.29. The van der Waals surface area contributed by atoms with Crippen molar-refractivity contribution < 1.29 is 23.5 Å². The molecule has 0 aliphatic carbocycles. The molecule has 0 heterocycles. The number of carbonyl (C=O) groups excluding carboxylic acids is 1. The van der Waals surface area contributed by atoms with Crippen molar-refractivity contribution in [3.05, 3.63) is 70.8 Å². The highest BCUT2D eigenvalue weighted by Gasteiger charge is 2.19. The van der Waals surface area contributed by atoms with Crippen LogP contribution in [0.15, 0.2) is 42.5 Å². The van der Waals surface area contributed by atoms with Gasteiger partial charge in [0.15, 0.2) is 0 Å². The third-order valence-corrected chi connectivity index (χ3v) is 4.09. The van der Waals surface area contributed by atoms with Crippen molar-refractivity contribution in [2.45, 2.75) is 26.2 Å². The lowest BCUT2D eigenvalue weighted by Gasteiger charge is -2.14. The van der Waals surface area contributed by atoms with Crippen molar-refractivity contribution in [3.8, 4) is 0 Å². The number of benzene rings is 2. The van der Waals surface area contributed by atoms with Gasteiger partial charge in [-0.05, 0) is 49.1 Å². The van der Waals surface area contributed by atoms with Crippen LogP contribution in [-0.4, -0.2) is 23.5 Å². The molecule has 0 bridgehead atoms. The second kappa shape index (κ2) is 9.08. The fourth-order valence-corrected chi connectivity index (χ4v) is 2.68. The van der Waals surface area contributed by atoms with Gasteiger partial charge in [-0.2, -0.15) is 0 Å². The Hall–Kier alpha value is -2.76. The number of carbonyl (C=O) groups is 2. The summed E-state index contributed by atoms with van der Waals surface area (Å²) >= 11 is 0. The highest BCUT2D eigenvalue weighted by Crippen LogP contribution is 2.13. The van der Waals surface area contributed by atoms with E-state index >= 15 is 0 Å². The van der Waals surface area contributed by atoms with E-state index in [0.29, 0.717) is 6.42 Å². The van der Waals surface area contributed by atoms with Crippen LogP contribution in [0, 0.1) is 24.5 Å². The second-order valence-corrected chi connectivity index (χ2v) is 6.27.